The molecule has 0 amide bonds. The molecule has 1 unspecified atom stereocenters. The molecule has 5 nitrogen and oxygen atoms in total. The van der Waals surface area contributed by atoms with Gasteiger partial charge in [0.05, 0.1) is 6.10 Å². The Bertz CT molecular complexity index is 307. The first-order valence-corrected chi connectivity index (χ1v) is 10.5. The Morgan fingerprint density at radius 1 is 0.696 bits per heavy atom. The van der Waals surface area contributed by atoms with Crippen LogP contribution in [0.15, 0.2) is 0 Å². The highest BCUT2D eigenvalue weighted by Crippen LogP contribution is 2.13. The summed E-state index contributed by atoms with van der Waals surface area (Å²) in [7, 11) is -4.67. The average Bonchev–Trinajstić information content (AvgIpc) is 2.42. The molecule has 142 valence electrons. The number of hydrogen-bond acceptors (Lipinski definition) is 3. The van der Waals surface area contributed by atoms with Gasteiger partial charge in [0.25, 0.3) is 0 Å². The fraction of sp³-hybridized carbons (Fsp3) is 1.00. The third-order valence-corrected chi connectivity index (χ3v) is 3.73. The Kier molecular flexibility index (Phi) is 19.8. The second-order valence-corrected chi connectivity index (χ2v) is 7.22. The van der Waals surface area contributed by atoms with Crippen molar-refractivity contribution < 1.29 is 22.6 Å². The highest BCUT2D eigenvalue weighted by molar-refractivity contribution is 7.79. The maximum Gasteiger partial charge on any atom is 0.394 e. The number of rotatable bonds is 14. The summed E-state index contributed by atoms with van der Waals surface area (Å²) in [5.74, 6) is 0. The lowest BCUT2D eigenvalue weighted by molar-refractivity contribution is 0.180. The van der Waals surface area contributed by atoms with E-state index in [1.165, 1.54) is 83.5 Å². The smallest absolute Gasteiger partial charge is 0.393 e. The molecule has 0 aliphatic heterocycles. The van der Waals surface area contributed by atoms with Crippen LogP contribution in [0.1, 0.15) is 104 Å². The Hall–Kier alpha value is -0.170. The summed E-state index contributed by atoms with van der Waals surface area (Å²) in [4.78, 5) is 0. The van der Waals surface area contributed by atoms with Gasteiger partial charge < -0.3 is 5.11 Å². The third-order valence-electron chi connectivity index (χ3n) is 3.73. The standard InChI is InChI=1S/C17H36O.H2O4S/c1-3-4-5-6-7-8-9-10-11-12-13-14-15-16-17(2)18;1-5(2,3)4/h17-18H,3-16H2,1-2H3;(H2,1,2,3,4). The predicted octanol–water partition coefficient (Wildman–Crippen LogP) is 5.20. The molecule has 0 heterocycles. The molecule has 0 radical (unpaired) electrons. The molecule has 3 N–H and O–H groups in total. The lowest BCUT2D eigenvalue weighted by Gasteiger charge is -2.04. The van der Waals surface area contributed by atoms with Crippen LogP contribution in [-0.4, -0.2) is 28.7 Å². The molecule has 0 aliphatic carbocycles. The summed E-state index contributed by atoms with van der Waals surface area (Å²) in [5, 5.41) is 9.13. The van der Waals surface area contributed by atoms with E-state index in [2.05, 4.69) is 6.92 Å². The van der Waals surface area contributed by atoms with E-state index < -0.39 is 10.4 Å². The molecule has 23 heavy (non-hydrogen) atoms. The second kappa shape index (κ2) is 18.2. The number of hydrogen-bond donors (Lipinski definition) is 3. The summed E-state index contributed by atoms with van der Waals surface area (Å²) >= 11 is 0. The van der Waals surface area contributed by atoms with Gasteiger partial charge in [-0.25, -0.2) is 0 Å². The van der Waals surface area contributed by atoms with Crippen LogP contribution in [0.2, 0.25) is 0 Å². The van der Waals surface area contributed by atoms with Gasteiger partial charge in [0.2, 0.25) is 0 Å². The number of unbranched alkanes of at least 4 members (excludes halogenated alkanes) is 12. The number of aliphatic hydroxyl groups excluding tert-OH is 1. The van der Waals surface area contributed by atoms with Crippen LogP contribution in [0.25, 0.3) is 0 Å². The molecule has 0 aromatic heterocycles. The largest absolute Gasteiger partial charge is 0.394 e. The van der Waals surface area contributed by atoms with Gasteiger partial charge in [-0.15, -0.1) is 0 Å². The van der Waals surface area contributed by atoms with E-state index in [0.29, 0.717) is 0 Å². The van der Waals surface area contributed by atoms with Crippen molar-refractivity contribution in [2.24, 2.45) is 0 Å². The van der Waals surface area contributed by atoms with Crippen LogP contribution < -0.4 is 0 Å². The molecule has 6 heteroatoms. The lowest BCUT2D eigenvalue weighted by atomic mass is 10.0. The zero-order valence-electron chi connectivity index (χ0n) is 15.0. The minimum Gasteiger partial charge on any atom is -0.393 e. The zero-order chi connectivity index (χ0) is 18.0. The van der Waals surface area contributed by atoms with E-state index in [1.807, 2.05) is 6.92 Å². The fourth-order valence-electron chi connectivity index (χ4n) is 2.46. The van der Waals surface area contributed by atoms with Crippen molar-refractivity contribution in [2.45, 2.75) is 110 Å². The van der Waals surface area contributed by atoms with Crippen molar-refractivity contribution in [3.8, 4) is 0 Å². The molecule has 0 spiro atoms. The fourth-order valence-corrected chi connectivity index (χ4v) is 2.46. The van der Waals surface area contributed by atoms with Gasteiger partial charge in [0.15, 0.2) is 0 Å². The van der Waals surface area contributed by atoms with Crippen molar-refractivity contribution in [2.75, 3.05) is 0 Å². The van der Waals surface area contributed by atoms with E-state index in [-0.39, 0.29) is 6.10 Å². The quantitative estimate of drug-likeness (QED) is 0.294. The predicted molar refractivity (Wildman–Crippen MR) is 96.2 cm³/mol. The van der Waals surface area contributed by atoms with Crippen molar-refractivity contribution in [3.05, 3.63) is 0 Å². The molecule has 0 rings (SSSR count). The summed E-state index contributed by atoms with van der Waals surface area (Å²) in [5.41, 5.74) is 0. The van der Waals surface area contributed by atoms with Crippen molar-refractivity contribution in [3.63, 3.8) is 0 Å². The molecular weight excluding hydrogens is 316 g/mol. The Balaban J connectivity index is 0. The Labute approximate surface area is 143 Å². The highest BCUT2D eigenvalue weighted by Gasteiger charge is 1.96. The molecule has 0 aliphatic rings. The van der Waals surface area contributed by atoms with Crippen LogP contribution in [0.4, 0.5) is 0 Å². The molecular formula is C17H38O5S. The first kappa shape index (κ1) is 25.1. The van der Waals surface area contributed by atoms with Gasteiger partial charge in [0, 0.05) is 0 Å². The normalized spacial score (nSPS) is 12.6. The van der Waals surface area contributed by atoms with Crippen molar-refractivity contribution >= 4 is 10.4 Å². The monoisotopic (exact) mass is 354 g/mol. The van der Waals surface area contributed by atoms with Crippen molar-refractivity contribution in [1.29, 1.82) is 0 Å². The minimum atomic E-state index is -4.67. The van der Waals surface area contributed by atoms with E-state index in [1.54, 1.807) is 0 Å². The molecule has 0 saturated heterocycles. The van der Waals surface area contributed by atoms with Gasteiger partial charge in [-0.05, 0) is 13.3 Å². The molecule has 0 bridgehead atoms. The van der Waals surface area contributed by atoms with Crippen LogP contribution in [0, 0.1) is 0 Å². The maximum absolute atomic E-state index is 9.13. The molecule has 0 fully saturated rings. The molecule has 0 saturated carbocycles. The van der Waals surface area contributed by atoms with E-state index in [4.69, 9.17) is 22.6 Å². The maximum atomic E-state index is 9.13. The van der Waals surface area contributed by atoms with E-state index in [0.717, 1.165) is 6.42 Å². The zero-order valence-corrected chi connectivity index (χ0v) is 15.9. The Morgan fingerprint density at radius 3 is 1.22 bits per heavy atom. The van der Waals surface area contributed by atoms with Crippen LogP contribution in [0.3, 0.4) is 0 Å². The van der Waals surface area contributed by atoms with Crippen molar-refractivity contribution in [1.82, 2.24) is 0 Å². The Morgan fingerprint density at radius 2 is 0.957 bits per heavy atom. The number of aliphatic hydroxyl groups is 1. The summed E-state index contributed by atoms with van der Waals surface area (Å²) in [6, 6.07) is 0. The van der Waals surface area contributed by atoms with Gasteiger partial charge >= 0.3 is 10.4 Å². The van der Waals surface area contributed by atoms with Crippen LogP contribution in [0.5, 0.6) is 0 Å². The summed E-state index contributed by atoms with van der Waals surface area (Å²) in [6.45, 7) is 4.17. The van der Waals surface area contributed by atoms with Gasteiger partial charge in [-0.3, -0.25) is 9.11 Å². The van der Waals surface area contributed by atoms with Crippen LogP contribution in [-0.2, 0) is 10.4 Å². The van der Waals surface area contributed by atoms with E-state index in [9.17, 15) is 0 Å². The third kappa shape index (κ3) is 39.0. The topological polar surface area (TPSA) is 94.8 Å². The van der Waals surface area contributed by atoms with E-state index >= 15 is 0 Å². The first-order valence-electron chi connectivity index (χ1n) is 9.15. The first-order chi connectivity index (χ1) is 10.8. The second-order valence-electron chi connectivity index (χ2n) is 6.33. The van der Waals surface area contributed by atoms with Gasteiger partial charge in [-0.1, -0.05) is 90.4 Å². The summed E-state index contributed by atoms with van der Waals surface area (Å²) in [6.07, 6.45) is 19.0. The van der Waals surface area contributed by atoms with Crippen LogP contribution >= 0.6 is 0 Å². The average molecular weight is 355 g/mol. The SMILES string of the molecule is CCCCCCCCCCCCCCCC(C)O.O=S(=O)(O)O. The lowest BCUT2D eigenvalue weighted by Crippen LogP contribution is -1.98. The minimum absolute atomic E-state index is 0.0993. The molecule has 0 aromatic carbocycles. The molecule has 0 aromatic rings. The molecule has 1 atom stereocenters. The van der Waals surface area contributed by atoms with Gasteiger partial charge in [0.1, 0.15) is 0 Å². The van der Waals surface area contributed by atoms with Gasteiger partial charge in [-0.2, -0.15) is 8.42 Å². The highest BCUT2D eigenvalue weighted by atomic mass is 32.3. The summed E-state index contributed by atoms with van der Waals surface area (Å²) < 4.78 is 31.6.